The molecule has 23 heavy (non-hydrogen) atoms. The van der Waals surface area contributed by atoms with Crippen LogP contribution in [0.4, 0.5) is 0 Å². The van der Waals surface area contributed by atoms with Crippen LogP contribution in [-0.2, 0) is 4.74 Å². The van der Waals surface area contributed by atoms with Gasteiger partial charge < -0.3 is 15.4 Å². The van der Waals surface area contributed by atoms with E-state index in [2.05, 4.69) is 38.3 Å². The summed E-state index contributed by atoms with van der Waals surface area (Å²) in [5, 5.41) is 7.49. The molecular weight excluding hydrogens is 286 g/mol. The van der Waals surface area contributed by atoms with Crippen LogP contribution in [0.25, 0.3) is 0 Å². The van der Waals surface area contributed by atoms with Crippen molar-refractivity contribution in [3.8, 4) is 0 Å². The fourth-order valence-electron chi connectivity index (χ4n) is 5.04. The van der Waals surface area contributed by atoms with Crippen LogP contribution in [0.15, 0.2) is 4.99 Å². The Morgan fingerprint density at radius 1 is 1.17 bits per heavy atom. The average Bonchev–Trinajstić information content (AvgIpc) is 3.00. The van der Waals surface area contributed by atoms with Crippen molar-refractivity contribution in [2.24, 2.45) is 22.2 Å². The lowest BCUT2D eigenvalue weighted by atomic mass is 9.57. The normalized spacial score (nSPS) is 39.5. The van der Waals surface area contributed by atoms with E-state index < -0.39 is 0 Å². The number of nitrogens with one attached hydrogen (secondary N) is 2. The maximum absolute atomic E-state index is 5.92. The van der Waals surface area contributed by atoms with Crippen molar-refractivity contribution in [1.82, 2.24) is 10.6 Å². The van der Waals surface area contributed by atoms with E-state index in [1.165, 1.54) is 38.5 Å². The highest BCUT2D eigenvalue weighted by molar-refractivity contribution is 5.80. The van der Waals surface area contributed by atoms with Crippen molar-refractivity contribution in [3.05, 3.63) is 0 Å². The monoisotopic (exact) mass is 321 g/mol. The second kappa shape index (κ2) is 7.00. The fraction of sp³-hybridized carbons (Fsp3) is 0.947. The molecule has 132 valence electrons. The van der Waals surface area contributed by atoms with Gasteiger partial charge in [0.15, 0.2) is 5.96 Å². The zero-order valence-electron chi connectivity index (χ0n) is 15.4. The van der Waals surface area contributed by atoms with Crippen LogP contribution in [0.2, 0.25) is 0 Å². The minimum atomic E-state index is 0.204. The Labute approximate surface area is 141 Å². The fourth-order valence-corrected chi connectivity index (χ4v) is 5.04. The quantitative estimate of drug-likeness (QED) is 0.617. The lowest BCUT2D eigenvalue weighted by Crippen LogP contribution is -2.68. The Kier molecular flexibility index (Phi) is 5.19. The molecule has 5 atom stereocenters. The van der Waals surface area contributed by atoms with Crippen LogP contribution < -0.4 is 10.6 Å². The minimum Gasteiger partial charge on any atom is -0.377 e. The molecule has 3 fully saturated rings. The molecule has 0 radical (unpaired) electrons. The summed E-state index contributed by atoms with van der Waals surface area (Å²) in [5.74, 6) is 2.57. The third-order valence-electron chi connectivity index (χ3n) is 6.41. The van der Waals surface area contributed by atoms with Gasteiger partial charge in [0.1, 0.15) is 0 Å². The standard InChI is InChI=1S/C19H35N3O/c1-5-13-8-7-9-14(12-13)21-18(20-6-2)22-16-15-10-11-23-17(15)19(16,3)4/h13-17H,5-12H2,1-4H3,(H2,20,21,22). The lowest BCUT2D eigenvalue weighted by molar-refractivity contribution is -0.106. The van der Waals surface area contributed by atoms with Crippen LogP contribution in [-0.4, -0.2) is 37.3 Å². The zero-order valence-corrected chi connectivity index (χ0v) is 15.4. The number of guanidine groups is 1. The van der Waals surface area contributed by atoms with Gasteiger partial charge in [-0.05, 0) is 32.1 Å². The summed E-state index contributed by atoms with van der Waals surface area (Å²) in [6, 6.07) is 1.07. The molecule has 0 aromatic heterocycles. The maximum atomic E-state index is 5.92. The number of rotatable bonds is 4. The number of hydrogen-bond acceptors (Lipinski definition) is 2. The molecule has 5 unspecified atom stereocenters. The molecule has 1 aliphatic heterocycles. The highest BCUT2D eigenvalue weighted by Gasteiger charge is 2.59. The molecule has 4 heteroatoms. The maximum Gasteiger partial charge on any atom is 0.191 e. The molecule has 1 heterocycles. The van der Waals surface area contributed by atoms with Crippen molar-refractivity contribution in [2.75, 3.05) is 13.2 Å². The lowest BCUT2D eigenvalue weighted by Gasteiger charge is -2.55. The topological polar surface area (TPSA) is 45.7 Å². The first-order chi connectivity index (χ1) is 11.1. The van der Waals surface area contributed by atoms with Gasteiger partial charge in [-0.2, -0.15) is 0 Å². The van der Waals surface area contributed by atoms with Gasteiger partial charge >= 0.3 is 0 Å². The van der Waals surface area contributed by atoms with Crippen LogP contribution >= 0.6 is 0 Å². The van der Waals surface area contributed by atoms with Gasteiger partial charge in [0.25, 0.3) is 0 Å². The Morgan fingerprint density at radius 3 is 2.74 bits per heavy atom. The van der Waals surface area contributed by atoms with Crippen molar-refractivity contribution in [3.63, 3.8) is 0 Å². The van der Waals surface area contributed by atoms with Crippen LogP contribution in [0.1, 0.15) is 66.2 Å². The van der Waals surface area contributed by atoms with Gasteiger partial charge in [-0.25, -0.2) is 0 Å². The Hall–Kier alpha value is -0.770. The first-order valence-electron chi connectivity index (χ1n) is 9.75. The summed E-state index contributed by atoms with van der Waals surface area (Å²) in [4.78, 5) is 4.72. The molecule has 2 N–H and O–H groups in total. The molecule has 3 aliphatic rings. The number of fused-ring (bicyclic) bond motifs is 1. The number of ether oxygens (including phenoxy) is 1. The SMILES string of the molecule is CCN=C(NC1CCCC(CC)C1)NC1C2CCOC2C1(C)C. The van der Waals surface area contributed by atoms with E-state index in [4.69, 9.17) is 9.73 Å². The number of hydrogen-bond donors (Lipinski definition) is 2. The molecule has 3 rings (SSSR count). The first-order valence-corrected chi connectivity index (χ1v) is 9.75. The van der Waals surface area contributed by atoms with Crippen molar-refractivity contribution in [2.45, 2.75) is 84.4 Å². The Balaban J connectivity index is 1.60. The largest absolute Gasteiger partial charge is 0.377 e. The van der Waals surface area contributed by atoms with Gasteiger partial charge in [0.05, 0.1) is 6.10 Å². The van der Waals surface area contributed by atoms with E-state index in [9.17, 15) is 0 Å². The summed E-state index contributed by atoms with van der Waals surface area (Å²) in [7, 11) is 0. The van der Waals surface area contributed by atoms with Gasteiger partial charge in [-0.3, -0.25) is 4.99 Å². The van der Waals surface area contributed by atoms with Crippen LogP contribution in [0, 0.1) is 17.3 Å². The molecule has 0 aromatic rings. The van der Waals surface area contributed by atoms with Crippen molar-refractivity contribution >= 4 is 5.96 Å². The molecule has 1 saturated heterocycles. The van der Waals surface area contributed by atoms with Crippen LogP contribution in [0.3, 0.4) is 0 Å². The van der Waals surface area contributed by atoms with Crippen molar-refractivity contribution in [1.29, 1.82) is 0 Å². The van der Waals surface area contributed by atoms with Crippen molar-refractivity contribution < 1.29 is 4.74 Å². The van der Waals surface area contributed by atoms with Gasteiger partial charge in [0, 0.05) is 36.6 Å². The van der Waals surface area contributed by atoms with Gasteiger partial charge in [-0.1, -0.05) is 40.0 Å². The highest BCUT2D eigenvalue weighted by atomic mass is 16.5. The molecule has 2 aliphatic carbocycles. The van der Waals surface area contributed by atoms with E-state index in [0.29, 0.717) is 24.1 Å². The van der Waals surface area contributed by atoms with E-state index in [1.54, 1.807) is 0 Å². The number of aliphatic imine (C=N–C) groups is 1. The molecular formula is C19H35N3O. The number of nitrogens with zero attached hydrogens (tertiary/aromatic N) is 1. The molecule has 0 amide bonds. The van der Waals surface area contributed by atoms with Gasteiger partial charge in [-0.15, -0.1) is 0 Å². The second-order valence-corrected chi connectivity index (χ2v) is 8.29. The Morgan fingerprint density at radius 2 is 2.00 bits per heavy atom. The van der Waals surface area contributed by atoms with E-state index in [0.717, 1.165) is 25.0 Å². The first kappa shape index (κ1) is 17.1. The molecule has 0 spiro atoms. The third-order valence-corrected chi connectivity index (χ3v) is 6.41. The molecule has 0 bridgehead atoms. The highest BCUT2D eigenvalue weighted by Crippen LogP contribution is 2.52. The summed E-state index contributed by atoms with van der Waals surface area (Å²) < 4.78 is 5.92. The minimum absolute atomic E-state index is 0.204. The van der Waals surface area contributed by atoms with E-state index in [1.807, 2.05) is 0 Å². The molecule has 2 saturated carbocycles. The average molecular weight is 322 g/mol. The summed E-state index contributed by atoms with van der Waals surface area (Å²) in [5.41, 5.74) is 0.204. The third kappa shape index (κ3) is 3.38. The Bertz CT molecular complexity index is 434. The van der Waals surface area contributed by atoms with E-state index in [-0.39, 0.29) is 5.41 Å². The molecule has 0 aromatic carbocycles. The summed E-state index contributed by atoms with van der Waals surface area (Å²) in [6.45, 7) is 10.8. The van der Waals surface area contributed by atoms with E-state index >= 15 is 0 Å². The predicted octanol–water partition coefficient (Wildman–Crippen LogP) is 3.32. The van der Waals surface area contributed by atoms with Crippen LogP contribution in [0.5, 0.6) is 0 Å². The predicted molar refractivity (Wildman–Crippen MR) is 95.7 cm³/mol. The molecule has 4 nitrogen and oxygen atoms in total. The summed E-state index contributed by atoms with van der Waals surface area (Å²) >= 11 is 0. The second-order valence-electron chi connectivity index (χ2n) is 8.29. The zero-order chi connectivity index (χ0) is 16.4. The summed E-state index contributed by atoms with van der Waals surface area (Å²) in [6.07, 6.45) is 8.26. The van der Waals surface area contributed by atoms with Gasteiger partial charge in [0.2, 0.25) is 0 Å². The smallest absolute Gasteiger partial charge is 0.191 e.